The molecule has 0 aliphatic heterocycles. The normalized spacial score (nSPS) is 35.9. The Balaban J connectivity index is 1.73. The number of anilines is 1. The molecule has 6 atom stereocenters. The molecule has 5 rings (SSSR count). The number of allylic oxidation sites excluding steroid dienone is 4. The molecule has 184 valence electrons. The van der Waals surface area contributed by atoms with Gasteiger partial charge in [0.05, 0.1) is 5.41 Å². The molecule has 0 heterocycles. The molecule has 1 aromatic carbocycles. The molecule has 4 aliphatic carbocycles. The number of aliphatic hydroxyl groups is 1. The summed E-state index contributed by atoms with van der Waals surface area (Å²) in [5, 5.41) is 9.57. The minimum absolute atomic E-state index is 0.166. The summed E-state index contributed by atoms with van der Waals surface area (Å²) in [4.78, 5) is 26.0. The van der Waals surface area contributed by atoms with Gasteiger partial charge in [0.1, 0.15) is 6.61 Å². The third-order valence-corrected chi connectivity index (χ3v) is 9.80. The van der Waals surface area contributed by atoms with E-state index in [4.69, 9.17) is 5.73 Å². The first-order chi connectivity index (χ1) is 16.8. The van der Waals surface area contributed by atoms with E-state index in [9.17, 15) is 14.7 Å². The van der Waals surface area contributed by atoms with Crippen LogP contribution >= 0.6 is 0 Å². The molecule has 0 bridgehead atoms. The first kappa shape index (κ1) is 24.1. The number of Topliss-reactive ketones (excluding diaryl/α,β-unsaturated/α-hetero) is 1. The zero-order valence-corrected chi connectivity index (χ0v) is 21.2. The maximum Gasteiger partial charge on any atom is 0.156 e. The van der Waals surface area contributed by atoms with E-state index < -0.39 is 5.41 Å². The number of ketones is 2. The monoisotopic (exact) mass is 471 g/mol. The van der Waals surface area contributed by atoms with E-state index in [1.165, 1.54) is 22.3 Å². The van der Waals surface area contributed by atoms with Crippen LogP contribution in [0, 0.1) is 40.4 Å². The number of aliphatic hydroxyl groups excluding tert-OH is 1. The molecule has 0 radical (unpaired) electrons. The Labute approximate surface area is 209 Å². The van der Waals surface area contributed by atoms with Crippen molar-refractivity contribution in [1.29, 1.82) is 0 Å². The van der Waals surface area contributed by atoms with Crippen molar-refractivity contribution in [2.75, 3.05) is 12.3 Å². The number of nitrogen functional groups attached to an aromatic ring is 1. The molecule has 4 aliphatic rings. The molecule has 1 aromatic rings. The van der Waals surface area contributed by atoms with Crippen molar-refractivity contribution in [2.45, 2.75) is 71.6 Å². The second-order valence-electron chi connectivity index (χ2n) is 11.4. The Morgan fingerprint density at radius 3 is 2.66 bits per heavy atom. The van der Waals surface area contributed by atoms with Gasteiger partial charge < -0.3 is 10.8 Å². The average Bonchev–Trinajstić information content (AvgIpc) is 3.15. The van der Waals surface area contributed by atoms with Crippen LogP contribution in [0.15, 0.2) is 47.1 Å². The molecule has 2 saturated carbocycles. The summed E-state index contributed by atoms with van der Waals surface area (Å²) in [5.74, 6) is 7.93. The van der Waals surface area contributed by atoms with Crippen molar-refractivity contribution in [3.05, 3.63) is 52.6 Å². The lowest BCUT2D eigenvalue weighted by Gasteiger charge is -2.55. The van der Waals surface area contributed by atoms with E-state index in [1.807, 2.05) is 25.1 Å². The van der Waals surface area contributed by atoms with Crippen LogP contribution in [-0.4, -0.2) is 23.3 Å². The largest absolute Gasteiger partial charge is 0.399 e. The second kappa shape index (κ2) is 8.79. The van der Waals surface area contributed by atoms with Crippen LogP contribution in [0.2, 0.25) is 0 Å². The van der Waals surface area contributed by atoms with Crippen molar-refractivity contribution in [1.82, 2.24) is 0 Å². The highest BCUT2D eigenvalue weighted by molar-refractivity contribution is 5.93. The van der Waals surface area contributed by atoms with E-state index in [0.29, 0.717) is 30.6 Å². The molecule has 35 heavy (non-hydrogen) atoms. The first-order valence-corrected chi connectivity index (χ1v) is 13.2. The minimum atomic E-state index is -0.723. The molecular weight excluding hydrogens is 434 g/mol. The summed E-state index contributed by atoms with van der Waals surface area (Å²) in [7, 11) is 0. The number of nitrogens with two attached hydrogens (primary N) is 1. The molecule has 4 heteroatoms. The molecular formula is C31H37NO3. The summed E-state index contributed by atoms with van der Waals surface area (Å²) in [6.45, 7) is 6.28. The minimum Gasteiger partial charge on any atom is -0.399 e. The lowest BCUT2D eigenvalue weighted by Crippen LogP contribution is -2.51. The number of rotatable bonds is 3. The summed E-state index contributed by atoms with van der Waals surface area (Å²) in [6, 6.07) is 8.23. The van der Waals surface area contributed by atoms with Gasteiger partial charge >= 0.3 is 0 Å². The standard InChI is InChI=1S/C31H37NO3/c1-4-28(35)31(13-5-15-33)14-12-27-25-16-19(2)24-17-22(34)10-11-23(24)29(25)26(18-30(27,31)3)20-6-8-21(32)9-7-20/h6-9,17,19,25-27,33H,4,10-12,14-16,18,32H2,1-3H3/t19?,25-,26+,27-,30-,31-/m0/s1. The highest BCUT2D eigenvalue weighted by atomic mass is 16.2. The number of hydrogen-bond acceptors (Lipinski definition) is 4. The predicted octanol–water partition coefficient (Wildman–Crippen LogP) is 5.38. The van der Waals surface area contributed by atoms with Crippen LogP contribution in [0.5, 0.6) is 0 Å². The van der Waals surface area contributed by atoms with Crippen LogP contribution in [0.3, 0.4) is 0 Å². The SMILES string of the molecule is CCC(=O)[C@]1(C#CCO)CC[C@H]2[C@@H]3CC(C)C4=CC(=O)CCC4=C3[C@@H](c3ccc(N)cc3)C[C@@]21C. The quantitative estimate of drug-likeness (QED) is 0.458. The van der Waals surface area contributed by atoms with E-state index in [0.717, 1.165) is 37.8 Å². The van der Waals surface area contributed by atoms with Crippen LogP contribution in [-0.2, 0) is 9.59 Å². The van der Waals surface area contributed by atoms with Crippen molar-refractivity contribution in [3.63, 3.8) is 0 Å². The average molecular weight is 472 g/mol. The van der Waals surface area contributed by atoms with Gasteiger partial charge in [-0.1, -0.05) is 50.3 Å². The summed E-state index contributed by atoms with van der Waals surface area (Å²) < 4.78 is 0. The summed E-state index contributed by atoms with van der Waals surface area (Å²) in [6.07, 6.45) is 7.36. The predicted molar refractivity (Wildman–Crippen MR) is 138 cm³/mol. The molecule has 4 nitrogen and oxygen atoms in total. The number of benzene rings is 1. The van der Waals surface area contributed by atoms with Crippen LogP contribution in [0.25, 0.3) is 0 Å². The molecule has 0 saturated heterocycles. The number of fused-ring (bicyclic) bond motifs is 4. The summed E-state index contributed by atoms with van der Waals surface area (Å²) in [5.41, 5.74) is 11.2. The highest BCUT2D eigenvalue weighted by Crippen LogP contribution is 2.70. The second-order valence-corrected chi connectivity index (χ2v) is 11.4. The molecule has 0 aromatic heterocycles. The van der Waals surface area contributed by atoms with Crippen LogP contribution in [0.4, 0.5) is 5.69 Å². The van der Waals surface area contributed by atoms with Gasteiger partial charge in [-0.05, 0) is 90.2 Å². The molecule has 3 N–H and O–H groups in total. The fraction of sp³-hybridized carbons (Fsp3) is 0.548. The van der Waals surface area contributed by atoms with Crippen molar-refractivity contribution < 1.29 is 14.7 Å². The van der Waals surface area contributed by atoms with Gasteiger partial charge in [-0.25, -0.2) is 0 Å². The van der Waals surface area contributed by atoms with Gasteiger partial charge in [0, 0.05) is 24.4 Å². The highest BCUT2D eigenvalue weighted by Gasteiger charge is 2.65. The Kier molecular flexibility index (Phi) is 6.04. The lowest BCUT2D eigenvalue weighted by molar-refractivity contribution is -0.132. The zero-order chi connectivity index (χ0) is 25.0. The van der Waals surface area contributed by atoms with Gasteiger partial charge in [0.15, 0.2) is 11.6 Å². The van der Waals surface area contributed by atoms with E-state index in [-0.39, 0.29) is 29.5 Å². The van der Waals surface area contributed by atoms with E-state index in [1.54, 1.807) is 0 Å². The van der Waals surface area contributed by atoms with Gasteiger partial charge in [-0.15, -0.1) is 0 Å². The fourth-order valence-electron chi connectivity index (χ4n) is 8.23. The Morgan fingerprint density at radius 2 is 1.97 bits per heavy atom. The summed E-state index contributed by atoms with van der Waals surface area (Å²) >= 11 is 0. The van der Waals surface area contributed by atoms with Gasteiger partial charge in [-0.3, -0.25) is 9.59 Å². The Bertz CT molecular complexity index is 1180. The Hall–Kier alpha value is -2.64. The molecule has 2 fully saturated rings. The van der Waals surface area contributed by atoms with Crippen molar-refractivity contribution >= 4 is 17.3 Å². The van der Waals surface area contributed by atoms with E-state index >= 15 is 0 Å². The maximum absolute atomic E-state index is 13.6. The number of carbonyl (C=O) groups excluding carboxylic acids is 2. The zero-order valence-electron chi connectivity index (χ0n) is 21.2. The van der Waals surface area contributed by atoms with Crippen LogP contribution in [0.1, 0.15) is 77.2 Å². The smallest absolute Gasteiger partial charge is 0.156 e. The third-order valence-electron chi connectivity index (χ3n) is 9.80. The molecule has 0 spiro atoms. The van der Waals surface area contributed by atoms with Crippen molar-refractivity contribution in [3.8, 4) is 11.8 Å². The number of carbonyl (C=O) groups is 2. The fourth-order valence-corrected chi connectivity index (χ4v) is 8.23. The first-order valence-electron chi connectivity index (χ1n) is 13.2. The van der Waals surface area contributed by atoms with Crippen LogP contribution < -0.4 is 5.73 Å². The molecule has 1 unspecified atom stereocenters. The van der Waals surface area contributed by atoms with Crippen molar-refractivity contribution in [2.24, 2.45) is 28.6 Å². The van der Waals surface area contributed by atoms with Gasteiger partial charge in [0.2, 0.25) is 0 Å². The lowest BCUT2D eigenvalue weighted by atomic mass is 9.47. The maximum atomic E-state index is 13.6. The topological polar surface area (TPSA) is 80.4 Å². The van der Waals surface area contributed by atoms with E-state index in [2.05, 4.69) is 37.8 Å². The van der Waals surface area contributed by atoms with Gasteiger partial charge in [0.25, 0.3) is 0 Å². The Morgan fingerprint density at radius 1 is 1.23 bits per heavy atom. The number of hydrogen-bond donors (Lipinski definition) is 2. The molecule has 0 amide bonds. The third kappa shape index (κ3) is 3.54. The van der Waals surface area contributed by atoms with Gasteiger partial charge in [-0.2, -0.15) is 0 Å².